The average Bonchev–Trinajstić information content (AvgIpc) is 3.07. The molecule has 1 aliphatic rings. The summed E-state index contributed by atoms with van der Waals surface area (Å²) in [5.74, 6) is 0.999. The minimum absolute atomic E-state index is 0.142. The summed E-state index contributed by atoms with van der Waals surface area (Å²) in [4.78, 5) is 16.7. The lowest BCUT2D eigenvalue weighted by molar-refractivity contribution is 0.0989. The predicted molar refractivity (Wildman–Crippen MR) is 79.2 cm³/mol. The number of rotatable bonds is 5. The van der Waals surface area contributed by atoms with E-state index < -0.39 is 0 Å². The highest BCUT2D eigenvalue weighted by molar-refractivity contribution is 5.97. The average molecular weight is 269 g/mol. The van der Waals surface area contributed by atoms with Gasteiger partial charge in [-0.2, -0.15) is 0 Å². The van der Waals surface area contributed by atoms with Gasteiger partial charge in [-0.1, -0.05) is 6.92 Å². The molecular formula is C16H19N3O. The number of aromatic nitrogens is 2. The maximum absolute atomic E-state index is 12.4. The van der Waals surface area contributed by atoms with Crippen LogP contribution in [0.15, 0.2) is 30.6 Å². The number of fused-ring (bicyclic) bond motifs is 1. The van der Waals surface area contributed by atoms with E-state index >= 15 is 0 Å². The molecular weight excluding hydrogens is 250 g/mol. The first-order valence-corrected chi connectivity index (χ1v) is 7.18. The molecule has 0 spiro atoms. The molecule has 0 aliphatic carbocycles. The minimum Gasteiger partial charge on any atom is -0.384 e. The topological polar surface area (TPSA) is 46.9 Å². The second kappa shape index (κ2) is 5.49. The van der Waals surface area contributed by atoms with Crippen molar-refractivity contribution in [3.05, 3.63) is 47.5 Å². The SMILES string of the molecule is CCCn1ccnc1CC(=O)c1ccc2c(c1)CCN2. The second-order valence-corrected chi connectivity index (χ2v) is 5.19. The van der Waals surface area contributed by atoms with Crippen molar-refractivity contribution in [2.45, 2.75) is 32.7 Å². The Labute approximate surface area is 118 Å². The fraction of sp³-hybridized carbons (Fsp3) is 0.375. The van der Waals surface area contributed by atoms with Crippen molar-refractivity contribution in [2.75, 3.05) is 11.9 Å². The number of benzene rings is 1. The number of imidazole rings is 1. The van der Waals surface area contributed by atoms with E-state index in [0.717, 1.165) is 43.0 Å². The Morgan fingerprint density at radius 2 is 2.35 bits per heavy atom. The maximum Gasteiger partial charge on any atom is 0.170 e. The van der Waals surface area contributed by atoms with Gasteiger partial charge in [-0.25, -0.2) is 4.98 Å². The van der Waals surface area contributed by atoms with Gasteiger partial charge < -0.3 is 9.88 Å². The number of carbonyl (C=O) groups is 1. The lowest BCUT2D eigenvalue weighted by Crippen LogP contribution is -2.10. The smallest absolute Gasteiger partial charge is 0.170 e. The molecule has 3 rings (SSSR count). The first-order valence-electron chi connectivity index (χ1n) is 7.18. The van der Waals surface area contributed by atoms with Crippen LogP contribution < -0.4 is 5.32 Å². The predicted octanol–water partition coefficient (Wildman–Crippen LogP) is 2.69. The highest BCUT2D eigenvalue weighted by Crippen LogP contribution is 2.23. The van der Waals surface area contributed by atoms with Crippen molar-refractivity contribution in [1.29, 1.82) is 0 Å². The fourth-order valence-electron chi connectivity index (χ4n) is 2.68. The molecule has 2 aromatic rings. The molecule has 0 bridgehead atoms. The third-order valence-corrected chi connectivity index (χ3v) is 3.72. The monoisotopic (exact) mass is 269 g/mol. The van der Waals surface area contributed by atoms with Crippen LogP contribution in [0.4, 0.5) is 5.69 Å². The Hall–Kier alpha value is -2.10. The van der Waals surface area contributed by atoms with Crippen molar-refractivity contribution in [1.82, 2.24) is 9.55 Å². The van der Waals surface area contributed by atoms with E-state index in [0.29, 0.717) is 6.42 Å². The van der Waals surface area contributed by atoms with E-state index in [1.54, 1.807) is 6.20 Å². The van der Waals surface area contributed by atoms with Crippen LogP contribution in [0.1, 0.15) is 35.1 Å². The molecule has 2 heterocycles. The summed E-state index contributed by atoms with van der Waals surface area (Å²) in [7, 11) is 0. The van der Waals surface area contributed by atoms with E-state index in [2.05, 4.69) is 21.8 Å². The van der Waals surface area contributed by atoms with E-state index in [4.69, 9.17) is 0 Å². The van der Waals surface area contributed by atoms with E-state index in [-0.39, 0.29) is 5.78 Å². The lowest BCUT2D eigenvalue weighted by atomic mass is 10.0. The quantitative estimate of drug-likeness (QED) is 0.849. The van der Waals surface area contributed by atoms with Gasteiger partial charge in [-0.05, 0) is 36.6 Å². The number of ketones is 1. The molecule has 0 saturated heterocycles. The number of carbonyl (C=O) groups excluding carboxylic acids is 1. The number of hydrogen-bond acceptors (Lipinski definition) is 3. The molecule has 0 amide bonds. The first-order chi connectivity index (χ1) is 9.78. The van der Waals surface area contributed by atoms with Gasteiger partial charge in [-0.15, -0.1) is 0 Å². The summed E-state index contributed by atoms with van der Waals surface area (Å²) in [5, 5.41) is 3.31. The number of nitrogens with one attached hydrogen (secondary N) is 1. The molecule has 104 valence electrons. The first kappa shape index (κ1) is 12.9. The van der Waals surface area contributed by atoms with Gasteiger partial charge in [0.05, 0.1) is 6.42 Å². The van der Waals surface area contributed by atoms with E-state index in [9.17, 15) is 4.79 Å². The molecule has 4 nitrogen and oxygen atoms in total. The number of aryl methyl sites for hydroxylation is 1. The van der Waals surface area contributed by atoms with Crippen molar-refractivity contribution >= 4 is 11.5 Å². The van der Waals surface area contributed by atoms with Crippen molar-refractivity contribution in [3.63, 3.8) is 0 Å². The number of Topliss-reactive ketones (excluding diaryl/α,β-unsaturated/α-hetero) is 1. The summed E-state index contributed by atoms with van der Waals surface area (Å²) >= 11 is 0. The largest absolute Gasteiger partial charge is 0.384 e. The van der Waals surface area contributed by atoms with E-state index in [1.165, 1.54) is 5.56 Å². The van der Waals surface area contributed by atoms with Crippen LogP contribution in [0.3, 0.4) is 0 Å². The normalized spacial score (nSPS) is 13.1. The third kappa shape index (κ3) is 2.46. The fourth-order valence-corrected chi connectivity index (χ4v) is 2.68. The number of hydrogen-bond donors (Lipinski definition) is 1. The Balaban J connectivity index is 1.77. The molecule has 4 heteroatoms. The van der Waals surface area contributed by atoms with Crippen LogP contribution in [0.2, 0.25) is 0 Å². The zero-order valence-corrected chi connectivity index (χ0v) is 11.7. The van der Waals surface area contributed by atoms with Crippen LogP contribution in [-0.4, -0.2) is 21.9 Å². The van der Waals surface area contributed by atoms with Crippen LogP contribution in [0.5, 0.6) is 0 Å². The minimum atomic E-state index is 0.142. The molecule has 0 fully saturated rings. The Bertz CT molecular complexity index is 630. The Morgan fingerprint density at radius 3 is 3.20 bits per heavy atom. The zero-order valence-electron chi connectivity index (χ0n) is 11.7. The highest BCUT2D eigenvalue weighted by atomic mass is 16.1. The molecule has 0 saturated carbocycles. The molecule has 0 atom stereocenters. The van der Waals surface area contributed by atoms with Crippen molar-refractivity contribution in [3.8, 4) is 0 Å². The number of anilines is 1. The summed E-state index contributed by atoms with van der Waals surface area (Å²) in [6.07, 6.45) is 6.13. The summed E-state index contributed by atoms with van der Waals surface area (Å²) in [6.45, 7) is 4.00. The third-order valence-electron chi connectivity index (χ3n) is 3.72. The summed E-state index contributed by atoms with van der Waals surface area (Å²) < 4.78 is 2.06. The number of nitrogens with zero attached hydrogens (tertiary/aromatic N) is 2. The highest BCUT2D eigenvalue weighted by Gasteiger charge is 2.15. The van der Waals surface area contributed by atoms with Crippen LogP contribution in [0, 0.1) is 0 Å². The van der Waals surface area contributed by atoms with E-state index in [1.807, 2.05) is 24.4 Å². The Kier molecular flexibility index (Phi) is 3.54. The second-order valence-electron chi connectivity index (χ2n) is 5.19. The van der Waals surface area contributed by atoms with Gasteiger partial charge in [0.25, 0.3) is 0 Å². The molecule has 1 aliphatic heterocycles. The summed E-state index contributed by atoms with van der Waals surface area (Å²) in [5.41, 5.74) is 3.19. The standard InChI is InChI=1S/C16H19N3O/c1-2-8-19-9-7-18-16(19)11-15(20)13-3-4-14-12(10-13)5-6-17-14/h3-4,7,9-10,17H,2,5-6,8,11H2,1H3. The molecule has 1 aromatic carbocycles. The van der Waals surface area contributed by atoms with Gasteiger partial charge in [-0.3, -0.25) is 4.79 Å². The lowest BCUT2D eigenvalue weighted by Gasteiger charge is -2.07. The Morgan fingerprint density at radius 1 is 1.45 bits per heavy atom. The molecule has 0 unspecified atom stereocenters. The zero-order chi connectivity index (χ0) is 13.9. The van der Waals surface area contributed by atoms with Crippen LogP contribution >= 0.6 is 0 Å². The molecule has 1 aromatic heterocycles. The molecule has 20 heavy (non-hydrogen) atoms. The van der Waals surface area contributed by atoms with Gasteiger partial charge in [0.2, 0.25) is 0 Å². The van der Waals surface area contributed by atoms with Crippen molar-refractivity contribution < 1.29 is 4.79 Å². The van der Waals surface area contributed by atoms with Gasteiger partial charge in [0.1, 0.15) is 5.82 Å². The molecule has 0 radical (unpaired) electrons. The van der Waals surface area contributed by atoms with Crippen molar-refractivity contribution in [2.24, 2.45) is 0 Å². The van der Waals surface area contributed by atoms with Crippen LogP contribution in [0.25, 0.3) is 0 Å². The maximum atomic E-state index is 12.4. The van der Waals surface area contributed by atoms with Gasteiger partial charge >= 0.3 is 0 Å². The summed E-state index contributed by atoms with van der Waals surface area (Å²) in [6, 6.07) is 5.94. The van der Waals surface area contributed by atoms with Crippen LogP contribution in [-0.2, 0) is 19.4 Å². The van der Waals surface area contributed by atoms with Gasteiger partial charge in [0, 0.05) is 36.7 Å². The van der Waals surface area contributed by atoms with Gasteiger partial charge in [0.15, 0.2) is 5.78 Å². The molecule has 1 N–H and O–H groups in total.